The fourth-order valence-electron chi connectivity index (χ4n) is 2.86. The predicted octanol–water partition coefficient (Wildman–Crippen LogP) is 6.28. The highest BCUT2D eigenvalue weighted by Crippen LogP contribution is 2.26. The van der Waals surface area contributed by atoms with E-state index in [1.807, 2.05) is 13.8 Å². The molecule has 0 spiro atoms. The minimum Gasteiger partial charge on any atom is -0.342 e. The van der Waals surface area contributed by atoms with Gasteiger partial charge in [-0.25, -0.2) is 4.98 Å². The Balaban J connectivity index is 1.62. The van der Waals surface area contributed by atoms with E-state index in [9.17, 15) is 9.59 Å². The summed E-state index contributed by atoms with van der Waals surface area (Å²) in [5.74, 6) is -0.0912. The number of hydrogen-bond donors (Lipinski definition) is 3. The van der Waals surface area contributed by atoms with Crippen LogP contribution in [0.3, 0.4) is 0 Å². The zero-order valence-electron chi connectivity index (χ0n) is 17.5. The zero-order chi connectivity index (χ0) is 24.1. The van der Waals surface area contributed by atoms with E-state index < -0.39 is 6.04 Å². The van der Waals surface area contributed by atoms with Crippen molar-refractivity contribution in [2.75, 3.05) is 11.1 Å². The first-order valence-corrected chi connectivity index (χ1v) is 12.2. The first kappa shape index (κ1) is 25.6. The van der Waals surface area contributed by atoms with Crippen molar-refractivity contribution in [1.82, 2.24) is 20.5 Å². The summed E-state index contributed by atoms with van der Waals surface area (Å²) in [6.07, 6.45) is 0. The molecule has 0 bridgehead atoms. The maximum absolute atomic E-state index is 12.7. The number of aromatic nitrogens is 3. The number of H-pyrrole nitrogens is 1. The van der Waals surface area contributed by atoms with Crippen LogP contribution >= 0.6 is 58.2 Å². The fraction of sp³-hybridized carbons (Fsp3) is 0.238. The number of thioether (sulfide) groups is 1. The third kappa shape index (κ3) is 7.25. The normalized spacial score (nSPS) is 12.0. The number of amides is 2. The first-order valence-electron chi connectivity index (χ1n) is 9.69. The van der Waals surface area contributed by atoms with E-state index in [0.29, 0.717) is 37.3 Å². The van der Waals surface area contributed by atoms with Crippen molar-refractivity contribution >= 4 is 75.7 Å². The third-order valence-electron chi connectivity index (χ3n) is 4.38. The summed E-state index contributed by atoms with van der Waals surface area (Å²) in [4.78, 5) is 29.4. The Bertz CT molecular complexity index is 1150. The SMILES string of the molecule is CC(C)[C@@H](NC(=O)c1ccc(Cl)cc1Cl)c1nc(SCC(=O)Nc2cc(Cl)cc(Cl)c2)n[nH]1. The molecule has 0 aliphatic heterocycles. The first-order chi connectivity index (χ1) is 15.6. The molecule has 0 unspecified atom stereocenters. The van der Waals surface area contributed by atoms with Crippen LogP contribution in [0, 0.1) is 5.92 Å². The summed E-state index contributed by atoms with van der Waals surface area (Å²) in [5.41, 5.74) is 0.802. The maximum Gasteiger partial charge on any atom is 0.253 e. The number of nitrogens with zero attached hydrogens (tertiary/aromatic N) is 2. The summed E-state index contributed by atoms with van der Waals surface area (Å²) in [7, 11) is 0. The van der Waals surface area contributed by atoms with Gasteiger partial charge in [0.1, 0.15) is 5.82 Å². The van der Waals surface area contributed by atoms with Crippen molar-refractivity contribution in [3.05, 3.63) is 67.9 Å². The molecule has 1 atom stereocenters. The number of nitrogens with one attached hydrogen (secondary N) is 3. The standard InChI is InChI=1S/C21H19Cl4N5O2S/c1-10(2)18(27-20(32)15-4-3-11(22)8-16(15)25)19-28-21(30-29-19)33-9-17(31)26-14-6-12(23)5-13(24)7-14/h3-8,10,18H,9H2,1-2H3,(H,26,31)(H,27,32)(H,28,29,30)/t18-/m1/s1. The van der Waals surface area contributed by atoms with Crippen LogP contribution in [0.2, 0.25) is 20.1 Å². The van der Waals surface area contributed by atoms with E-state index in [4.69, 9.17) is 46.4 Å². The van der Waals surface area contributed by atoms with E-state index in [-0.39, 0.29) is 28.5 Å². The Kier molecular flexibility index (Phi) is 8.89. The van der Waals surface area contributed by atoms with Gasteiger partial charge in [0, 0.05) is 20.8 Å². The number of hydrogen-bond acceptors (Lipinski definition) is 5. The molecule has 0 fully saturated rings. The molecular formula is C21H19Cl4N5O2S. The van der Waals surface area contributed by atoms with Gasteiger partial charge >= 0.3 is 0 Å². The highest BCUT2D eigenvalue weighted by Gasteiger charge is 2.24. The van der Waals surface area contributed by atoms with Crippen LogP contribution in [0.25, 0.3) is 0 Å². The lowest BCUT2D eigenvalue weighted by Gasteiger charge is -2.20. The molecule has 1 aromatic heterocycles. The molecule has 7 nitrogen and oxygen atoms in total. The lowest BCUT2D eigenvalue weighted by molar-refractivity contribution is -0.113. The number of rotatable bonds is 8. The molecular weight excluding hydrogens is 528 g/mol. The maximum atomic E-state index is 12.7. The molecule has 0 saturated heterocycles. The van der Waals surface area contributed by atoms with Gasteiger partial charge in [-0.05, 0) is 42.3 Å². The average Bonchev–Trinajstić information content (AvgIpc) is 3.18. The molecule has 33 heavy (non-hydrogen) atoms. The van der Waals surface area contributed by atoms with Crippen molar-refractivity contribution in [1.29, 1.82) is 0 Å². The van der Waals surface area contributed by atoms with E-state index in [1.54, 1.807) is 30.3 Å². The van der Waals surface area contributed by atoms with Crippen molar-refractivity contribution in [3.63, 3.8) is 0 Å². The Morgan fingerprint density at radius 3 is 2.36 bits per heavy atom. The second-order valence-corrected chi connectivity index (χ2v) is 9.98. The van der Waals surface area contributed by atoms with Gasteiger partial charge in [0.25, 0.3) is 5.91 Å². The van der Waals surface area contributed by atoms with Crippen molar-refractivity contribution in [2.24, 2.45) is 5.92 Å². The number of halogens is 4. The predicted molar refractivity (Wildman–Crippen MR) is 134 cm³/mol. The molecule has 1 heterocycles. The highest BCUT2D eigenvalue weighted by molar-refractivity contribution is 7.99. The molecule has 2 aromatic carbocycles. The minimum atomic E-state index is -0.450. The van der Waals surface area contributed by atoms with Crippen LogP contribution in [0.5, 0.6) is 0 Å². The van der Waals surface area contributed by atoms with E-state index in [2.05, 4.69) is 25.8 Å². The lowest BCUT2D eigenvalue weighted by atomic mass is 10.0. The van der Waals surface area contributed by atoms with Gasteiger partial charge < -0.3 is 10.6 Å². The van der Waals surface area contributed by atoms with E-state index in [0.717, 1.165) is 11.8 Å². The van der Waals surface area contributed by atoms with Crippen LogP contribution in [0.1, 0.15) is 36.1 Å². The van der Waals surface area contributed by atoms with Crippen LogP contribution < -0.4 is 10.6 Å². The van der Waals surface area contributed by atoms with Crippen molar-refractivity contribution in [3.8, 4) is 0 Å². The van der Waals surface area contributed by atoms with E-state index in [1.165, 1.54) is 6.07 Å². The average molecular weight is 547 g/mol. The topological polar surface area (TPSA) is 99.8 Å². The van der Waals surface area contributed by atoms with Crippen molar-refractivity contribution < 1.29 is 9.59 Å². The largest absolute Gasteiger partial charge is 0.342 e. The van der Waals surface area contributed by atoms with Crippen molar-refractivity contribution in [2.45, 2.75) is 25.0 Å². The molecule has 0 saturated carbocycles. The minimum absolute atomic E-state index is 0.00158. The molecule has 0 aliphatic rings. The smallest absolute Gasteiger partial charge is 0.253 e. The summed E-state index contributed by atoms with van der Waals surface area (Å²) in [6.45, 7) is 3.88. The Morgan fingerprint density at radius 1 is 1.03 bits per heavy atom. The van der Waals surface area contributed by atoms with Crippen LogP contribution in [0.15, 0.2) is 41.6 Å². The Hall–Kier alpha value is -1.97. The summed E-state index contributed by atoms with van der Waals surface area (Å²) < 4.78 is 0. The van der Waals surface area contributed by atoms with Crippen LogP contribution in [0.4, 0.5) is 5.69 Å². The number of anilines is 1. The second kappa shape index (κ2) is 11.4. The number of carbonyl (C=O) groups excluding carboxylic acids is 2. The van der Waals surface area contributed by atoms with Gasteiger partial charge in [-0.3, -0.25) is 14.7 Å². The third-order valence-corrected chi connectivity index (χ3v) is 6.22. The molecule has 0 radical (unpaired) electrons. The fourth-order valence-corrected chi connectivity index (χ4v) is 4.48. The highest BCUT2D eigenvalue weighted by atomic mass is 35.5. The summed E-state index contributed by atoms with van der Waals surface area (Å²) in [6, 6.07) is 8.99. The van der Waals surface area contributed by atoms with Gasteiger partial charge in [-0.15, -0.1) is 5.10 Å². The van der Waals surface area contributed by atoms with Crippen LogP contribution in [-0.4, -0.2) is 32.7 Å². The quantitative estimate of drug-likeness (QED) is 0.289. The molecule has 2 amide bonds. The Labute approximate surface area is 214 Å². The molecule has 0 aliphatic carbocycles. The summed E-state index contributed by atoms with van der Waals surface area (Å²) in [5, 5.41) is 14.5. The number of aromatic amines is 1. The Morgan fingerprint density at radius 2 is 1.73 bits per heavy atom. The van der Waals surface area contributed by atoms with Gasteiger partial charge in [0.2, 0.25) is 11.1 Å². The van der Waals surface area contributed by atoms with Gasteiger partial charge in [-0.2, -0.15) is 0 Å². The molecule has 174 valence electrons. The van der Waals surface area contributed by atoms with Gasteiger partial charge in [-0.1, -0.05) is 72.0 Å². The number of carbonyl (C=O) groups is 2. The summed E-state index contributed by atoms with van der Waals surface area (Å²) >= 11 is 25.1. The number of benzene rings is 2. The monoisotopic (exact) mass is 545 g/mol. The molecule has 3 aromatic rings. The van der Waals surface area contributed by atoms with Crippen LogP contribution in [-0.2, 0) is 4.79 Å². The van der Waals surface area contributed by atoms with E-state index >= 15 is 0 Å². The molecule has 12 heteroatoms. The molecule has 3 rings (SSSR count). The lowest BCUT2D eigenvalue weighted by Crippen LogP contribution is -2.32. The second-order valence-electron chi connectivity index (χ2n) is 7.32. The molecule has 3 N–H and O–H groups in total. The zero-order valence-corrected chi connectivity index (χ0v) is 21.3. The van der Waals surface area contributed by atoms with Gasteiger partial charge in [0.15, 0.2) is 0 Å². The van der Waals surface area contributed by atoms with Gasteiger partial charge in [0.05, 0.1) is 22.4 Å².